The Hall–Kier alpha value is -2.61. The van der Waals surface area contributed by atoms with Crippen LogP contribution in [0.2, 0.25) is 0 Å². The molecule has 0 radical (unpaired) electrons. The van der Waals surface area contributed by atoms with Crippen LogP contribution in [0.15, 0.2) is 36.8 Å². The van der Waals surface area contributed by atoms with E-state index in [1.807, 2.05) is 31.3 Å². The molecule has 0 aromatic carbocycles. The molecule has 1 fully saturated rings. The number of anilines is 1. The number of hydrogen-bond acceptors (Lipinski definition) is 8. The summed E-state index contributed by atoms with van der Waals surface area (Å²) in [5.74, 6) is 2.55. The first-order chi connectivity index (χ1) is 12.8. The van der Waals surface area contributed by atoms with Gasteiger partial charge in [0.1, 0.15) is 22.2 Å². The van der Waals surface area contributed by atoms with E-state index in [0.717, 1.165) is 22.3 Å². The van der Waals surface area contributed by atoms with E-state index in [1.165, 1.54) is 18.4 Å². The zero-order valence-corrected chi connectivity index (χ0v) is 15.3. The molecule has 1 saturated carbocycles. The SMILES string of the molecule is Cc1nnc(CNc2cc(OCCC3CC3c3ccccn3)ncn2)s1. The number of nitrogens with zero attached hydrogens (tertiary/aromatic N) is 5. The maximum Gasteiger partial charge on any atom is 0.218 e. The third-order valence-electron chi connectivity index (χ3n) is 4.36. The van der Waals surface area contributed by atoms with Crippen LogP contribution in [0.1, 0.15) is 34.5 Å². The van der Waals surface area contributed by atoms with Crippen LogP contribution in [0.5, 0.6) is 5.88 Å². The molecule has 4 rings (SSSR count). The second-order valence-corrected chi connectivity index (χ2v) is 7.57. The zero-order chi connectivity index (χ0) is 17.8. The molecule has 3 aromatic heterocycles. The van der Waals surface area contributed by atoms with E-state index in [-0.39, 0.29) is 0 Å². The Balaban J connectivity index is 1.23. The minimum atomic E-state index is 0.581. The van der Waals surface area contributed by atoms with Gasteiger partial charge in [0, 0.05) is 23.9 Å². The molecule has 0 bridgehead atoms. The van der Waals surface area contributed by atoms with Gasteiger partial charge in [0.05, 0.1) is 13.2 Å². The molecule has 1 aliphatic carbocycles. The number of nitrogens with one attached hydrogen (secondary N) is 1. The van der Waals surface area contributed by atoms with Crippen molar-refractivity contribution in [2.45, 2.75) is 32.2 Å². The summed E-state index contributed by atoms with van der Waals surface area (Å²) >= 11 is 1.57. The molecule has 7 nitrogen and oxygen atoms in total. The summed E-state index contributed by atoms with van der Waals surface area (Å²) in [6.45, 7) is 3.19. The molecule has 2 atom stereocenters. The van der Waals surface area contributed by atoms with E-state index < -0.39 is 0 Å². The van der Waals surface area contributed by atoms with Gasteiger partial charge < -0.3 is 10.1 Å². The van der Waals surface area contributed by atoms with Gasteiger partial charge in [-0.3, -0.25) is 4.98 Å². The van der Waals surface area contributed by atoms with E-state index in [9.17, 15) is 0 Å². The third kappa shape index (κ3) is 4.32. The summed E-state index contributed by atoms with van der Waals surface area (Å²) in [5, 5.41) is 13.2. The fraction of sp³-hybridized carbons (Fsp3) is 0.389. The highest BCUT2D eigenvalue weighted by Crippen LogP contribution is 2.48. The van der Waals surface area contributed by atoms with E-state index >= 15 is 0 Å². The van der Waals surface area contributed by atoms with Crippen molar-refractivity contribution in [3.8, 4) is 5.88 Å². The number of pyridine rings is 1. The Morgan fingerprint density at radius 2 is 2.19 bits per heavy atom. The van der Waals surface area contributed by atoms with Crippen LogP contribution in [0.4, 0.5) is 5.82 Å². The van der Waals surface area contributed by atoms with Gasteiger partial charge in [-0.15, -0.1) is 10.2 Å². The van der Waals surface area contributed by atoms with Crippen LogP contribution >= 0.6 is 11.3 Å². The number of aryl methyl sites for hydroxylation is 1. The number of ether oxygens (including phenoxy) is 1. The second-order valence-electron chi connectivity index (χ2n) is 6.30. The summed E-state index contributed by atoms with van der Waals surface area (Å²) in [4.78, 5) is 12.8. The predicted octanol–water partition coefficient (Wildman–Crippen LogP) is 3.22. The average molecular weight is 368 g/mol. The molecule has 134 valence electrons. The number of hydrogen-bond donors (Lipinski definition) is 1. The molecular formula is C18H20N6OS. The topological polar surface area (TPSA) is 85.7 Å². The van der Waals surface area contributed by atoms with Crippen LogP contribution in [0.25, 0.3) is 0 Å². The fourth-order valence-corrected chi connectivity index (χ4v) is 3.58. The zero-order valence-electron chi connectivity index (χ0n) is 14.5. The minimum absolute atomic E-state index is 0.581. The van der Waals surface area contributed by atoms with Crippen LogP contribution in [0, 0.1) is 12.8 Å². The molecule has 0 aliphatic heterocycles. The number of aromatic nitrogens is 5. The van der Waals surface area contributed by atoms with E-state index in [0.29, 0.717) is 30.9 Å². The van der Waals surface area contributed by atoms with Gasteiger partial charge in [-0.25, -0.2) is 9.97 Å². The van der Waals surface area contributed by atoms with Crippen LogP contribution in [-0.2, 0) is 6.54 Å². The Kier molecular flexibility index (Phi) is 5.01. The van der Waals surface area contributed by atoms with Crippen molar-refractivity contribution in [1.29, 1.82) is 0 Å². The van der Waals surface area contributed by atoms with Crippen molar-refractivity contribution in [3.63, 3.8) is 0 Å². The monoisotopic (exact) mass is 368 g/mol. The van der Waals surface area contributed by atoms with Gasteiger partial charge in [0.15, 0.2) is 0 Å². The van der Waals surface area contributed by atoms with E-state index in [4.69, 9.17) is 4.74 Å². The molecule has 3 heterocycles. The normalized spacial score (nSPS) is 18.5. The van der Waals surface area contributed by atoms with Gasteiger partial charge in [-0.2, -0.15) is 0 Å². The molecule has 1 aliphatic rings. The average Bonchev–Trinajstić information content (AvgIpc) is 3.33. The summed E-state index contributed by atoms with van der Waals surface area (Å²) in [6.07, 6.45) is 5.58. The molecule has 1 N–H and O–H groups in total. The largest absolute Gasteiger partial charge is 0.478 e. The smallest absolute Gasteiger partial charge is 0.218 e. The van der Waals surface area contributed by atoms with Crippen molar-refractivity contribution in [1.82, 2.24) is 25.1 Å². The van der Waals surface area contributed by atoms with Gasteiger partial charge in [-0.1, -0.05) is 17.4 Å². The van der Waals surface area contributed by atoms with Gasteiger partial charge in [0.25, 0.3) is 0 Å². The highest BCUT2D eigenvalue weighted by atomic mass is 32.1. The lowest BCUT2D eigenvalue weighted by atomic mass is 10.2. The van der Waals surface area contributed by atoms with Crippen LogP contribution < -0.4 is 10.1 Å². The summed E-state index contributed by atoms with van der Waals surface area (Å²) in [5.41, 5.74) is 1.19. The van der Waals surface area contributed by atoms with E-state index in [2.05, 4.69) is 36.5 Å². The molecule has 8 heteroatoms. The second kappa shape index (κ2) is 7.74. The summed E-state index contributed by atoms with van der Waals surface area (Å²) in [7, 11) is 0. The van der Waals surface area contributed by atoms with Gasteiger partial charge in [0.2, 0.25) is 5.88 Å². The van der Waals surface area contributed by atoms with Crippen molar-refractivity contribution >= 4 is 17.2 Å². The molecule has 0 saturated heterocycles. The Labute approximate surface area is 155 Å². The van der Waals surface area contributed by atoms with Gasteiger partial charge >= 0.3 is 0 Å². The van der Waals surface area contributed by atoms with Crippen molar-refractivity contribution in [2.75, 3.05) is 11.9 Å². The highest BCUT2D eigenvalue weighted by molar-refractivity contribution is 7.11. The lowest BCUT2D eigenvalue weighted by Gasteiger charge is -2.07. The van der Waals surface area contributed by atoms with Crippen LogP contribution in [-0.4, -0.2) is 31.8 Å². The first-order valence-corrected chi connectivity index (χ1v) is 9.48. The standard InChI is InChI=1S/C18H20N6OS/c1-12-23-24-18(26-12)10-20-16-9-17(22-11-21-16)25-7-5-13-8-14(13)15-4-2-3-6-19-15/h2-4,6,9,11,13-14H,5,7-8,10H2,1H3,(H,20,21,22). The summed E-state index contributed by atoms with van der Waals surface area (Å²) in [6, 6.07) is 7.92. The Bertz CT molecular complexity index is 856. The Morgan fingerprint density at radius 1 is 1.23 bits per heavy atom. The molecular weight excluding hydrogens is 348 g/mol. The number of rotatable bonds is 8. The quantitative estimate of drug-likeness (QED) is 0.653. The lowest BCUT2D eigenvalue weighted by Crippen LogP contribution is -2.04. The van der Waals surface area contributed by atoms with E-state index in [1.54, 1.807) is 11.3 Å². The maximum absolute atomic E-state index is 5.80. The maximum atomic E-state index is 5.80. The van der Waals surface area contributed by atoms with Crippen LogP contribution in [0.3, 0.4) is 0 Å². The highest BCUT2D eigenvalue weighted by Gasteiger charge is 2.38. The molecule has 0 spiro atoms. The van der Waals surface area contributed by atoms with Crippen molar-refractivity contribution < 1.29 is 4.74 Å². The fourth-order valence-electron chi connectivity index (χ4n) is 2.93. The van der Waals surface area contributed by atoms with Gasteiger partial charge in [-0.05, 0) is 37.8 Å². The predicted molar refractivity (Wildman–Crippen MR) is 99.2 cm³/mol. The molecule has 2 unspecified atom stereocenters. The van der Waals surface area contributed by atoms with Crippen molar-refractivity contribution in [3.05, 3.63) is 52.5 Å². The first kappa shape index (κ1) is 16.8. The molecule has 26 heavy (non-hydrogen) atoms. The lowest BCUT2D eigenvalue weighted by molar-refractivity contribution is 0.290. The third-order valence-corrected chi connectivity index (χ3v) is 5.20. The Morgan fingerprint density at radius 3 is 3.00 bits per heavy atom. The van der Waals surface area contributed by atoms with Crippen molar-refractivity contribution in [2.24, 2.45) is 5.92 Å². The first-order valence-electron chi connectivity index (χ1n) is 8.66. The molecule has 3 aromatic rings. The summed E-state index contributed by atoms with van der Waals surface area (Å²) < 4.78 is 5.80. The molecule has 0 amide bonds. The minimum Gasteiger partial charge on any atom is -0.478 e.